The lowest BCUT2D eigenvalue weighted by Crippen LogP contribution is -2.06. The van der Waals surface area contributed by atoms with Crippen molar-refractivity contribution < 1.29 is 14.3 Å². The molecule has 1 fully saturated rings. The summed E-state index contributed by atoms with van der Waals surface area (Å²) >= 11 is 0. The number of hydrogen-bond acceptors (Lipinski definition) is 3. The maximum absolute atomic E-state index is 11.2. The second-order valence-corrected chi connectivity index (χ2v) is 3.50. The molecule has 0 unspecified atom stereocenters. The Morgan fingerprint density at radius 2 is 2.21 bits per heavy atom. The third-order valence-corrected chi connectivity index (χ3v) is 2.21. The molecule has 14 heavy (non-hydrogen) atoms. The highest BCUT2D eigenvalue weighted by Gasteiger charge is 2.36. The molecule has 1 aliphatic heterocycles. The van der Waals surface area contributed by atoms with E-state index < -0.39 is 0 Å². The second-order valence-electron chi connectivity index (χ2n) is 3.50. The number of rotatable bonds is 5. The highest BCUT2D eigenvalue weighted by molar-refractivity contribution is 5.87. The first-order chi connectivity index (χ1) is 6.69. The molecule has 3 heteroatoms. The van der Waals surface area contributed by atoms with Crippen LogP contribution in [0.1, 0.15) is 33.6 Å². The minimum Gasteiger partial charge on any atom is -0.463 e. The summed E-state index contributed by atoms with van der Waals surface area (Å²) in [5.41, 5.74) is 0.649. The van der Waals surface area contributed by atoms with E-state index >= 15 is 0 Å². The number of carbonyl (C=O) groups is 1. The van der Waals surface area contributed by atoms with Gasteiger partial charge in [-0.3, -0.25) is 0 Å². The van der Waals surface area contributed by atoms with E-state index in [2.05, 4.69) is 6.92 Å². The van der Waals surface area contributed by atoms with E-state index in [4.69, 9.17) is 9.47 Å². The van der Waals surface area contributed by atoms with Crippen LogP contribution < -0.4 is 0 Å². The topological polar surface area (TPSA) is 38.8 Å². The molecule has 2 atom stereocenters. The van der Waals surface area contributed by atoms with Crippen molar-refractivity contribution in [1.82, 2.24) is 0 Å². The van der Waals surface area contributed by atoms with Gasteiger partial charge in [-0.2, -0.15) is 0 Å². The molecule has 80 valence electrons. The van der Waals surface area contributed by atoms with Gasteiger partial charge < -0.3 is 9.47 Å². The summed E-state index contributed by atoms with van der Waals surface area (Å²) < 4.78 is 10.2. The highest BCUT2D eigenvalue weighted by atomic mass is 16.6. The summed E-state index contributed by atoms with van der Waals surface area (Å²) in [5.74, 6) is -0.238. The van der Waals surface area contributed by atoms with Gasteiger partial charge >= 0.3 is 5.97 Å². The quantitative estimate of drug-likeness (QED) is 0.385. The molecule has 3 nitrogen and oxygen atoms in total. The standard InChI is InChI=1S/C11H18O3/c1-4-6-9-10(14-9)7-8(3)11(12)13-5-2/h7,9-10H,4-6H2,1-3H3/b8-7+/t9-,10-/m1/s1. The first kappa shape index (κ1) is 11.2. The Hall–Kier alpha value is -0.830. The fourth-order valence-corrected chi connectivity index (χ4v) is 1.38. The molecule has 0 N–H and O–H groups in total. The van der Waals surface area contributed by atoms with Crippen molar-refractivity contribution in [2.24, 2.45) is 0 Å². The van der Waals surface area contributed by atoms with Crippen LogP contribution in [0.15, 0.2) is 11.6 Å². The minimum absolute atomic E-state index is 0.138. The van der Waals surface area contributed by atoms with Crippen molar-refractivity contribution in [1.29, 1.82) is 0 Å². The summed E-state index contributed by atoms with van der Waals surface area (Å²) in [6.45, 7) is 6.12. The first-order valence-electron chi connectivity index (χ1n) is 5.20. The predicted molar refractivity (Wildman–Crippen MR) is 54.0 cm³/mol. The van der Waals surface area contributed by atoms with Crippen molar-refractivity contribution in [2.45, 2.75) is 45.8 Å². The number of esters is 1. The fourth-order valence-electron chi connectivity index (χ4n) is 1.38. The summed E-state index contributed by atoms with van der Waals surface area (Å²) in [7, 11) is 0. The molecular weight excluding hydrogens is 180 g/mol. The lowest BCUT2D eigenvalue weighted by molar-refractivity contribution is -0.138. The van der Waals surface area contributed by atoms with Crippen LogP contribution >= 0.6 is 0 Å². The van der Waals surface area contributed by atoms with Crippen molar-refractivity contribution in [3.8, 4) is 0 Å². The molecule has 0 saturated carbocycles. The summed E-state index contributed by atoms with van der Waals surface area (Å²) in [5, 5.41) is 0. The van der Waals surface area contributed by atoms with E-state index in [9.17, 15) is 4.79 Å². The maximum Gasteiger partial charge on any atom is 0.333 e. The lowest BCUT2D eigenvalue weighted by atomic mass is 10.1. The molecule has 0 aromatic heterocycles. The monoisotopic (exact) mass is 198 g/mol. The first-order valence-corrected chi connectivity index (χ1v) is 5.20. The zero-order chi connectivity index (χ0) is 10.6. The van der Waals surface area contributed by atoms with Crippen LogP contribution in [-0.4, -0.2) is 24.8 Å². The highest BCUT2D eigenvalue weighted by Crippen LogP contribution is 2.28. The molecule has 0 spiro atoms. The Kier molecular flexibility index (Phi) is 4.14. The average Bonchev–Trinajstić information content (AvgIpc) is 2.84. The van der Waals surface area contributed by atoms with Crippen molar-refractivity contribution in [2.75, 3.05) is 6.61 Å². The minimum atomic E-state index is -0.238. The van der Waals surface area contributed by atoms with Crippen LogP contribution in [0, 0.1) is 0 Å². The molecular formula is C11H18O3. The van der Waals surface area contributed by atoms with Gasteiger partial charge in [-0.1, -0.05) is 13.3 Å². The average molecular weight is 198 g/mol. The summed E-state index contributed by atoms with van der Waals surface area (Å²) in [6, 6.07) is 0. The van der Waals surface area contributed by atoms with Crippen LogP contribution in [0.2, 0.25) is 0 Å². The van der Waals surface area contributed by atoms with Gasteiger partial charge in [0.05, 0.1) is 12.7 Å². The summed E-state index contributed by atoms with van der Waals surface area (Å²) in [6.07, 6.45) is 4.51. The molecule has 1 heterocycles. The SMILES string of the molecule is CCC[C@H]1O[C@@H]1/C=C(\C)C(=O)OCC. The van der Waals surface area contributed by atoms with E-state index in [1.165, 1.54) is 0 Å². The van der Waals surface area contributed by atoms with E-state index in [0.29, 0.717) is 18.3 Å². The predicted octanol–water partition coefficient (Wildman–Crippen LogP) is 2.06. The third-order valence-electron chi connectivity index (χ3n) is 2.21. The van der Waals surface area contributed by atoms with Gasteiger partial charge in [0, 0.05) is 5.57 Å². The number of carbonyl (C=O) groups excluding carboxylic acids is 1. The van der Waals surface area contributed by atoms with E-state index in [1.54, 1.807) is 13.8 Å². The molecule has 0 aliphatic carbocycles. The Morgan fingerprint density at radius 1 is 1.50 bits per heavy atom. The number of hydrogen-bond donors (Lipinski definition) is 0. The Balaban J connectivity index is 2.34. The smallest absolute Gasteiger partial charge is 0.333 e. The van der Waals surface area contributed by atoms with Gasteiger partial charge in [-0.15, -0.1) is 0 Å². The lowest BCUT2D eigenvalue weighted by Gasteiger charge is -1.99. The molecule has 1 saturated heterocycles. The van der Waals surface area contributed by atoms with Crippen LogP contribution in [0.4, 0.5) is 0 Å². The second kappa shape index (κ2) is 5.15. The van der Waals surface area contributed by atoms with Gasteiger partial charge in [-0.25, -0.2) is 4.79 Å². The Bertz CT molecular complexity index is 233. The van der Waals surface area contributed by atoms with Crippen LogP contribution in [0.5, 0.6) is 0 Å². The van der Waals surface area contributed by atoms with Crippen molar-refractivity contribution >= 4 is 5.97 Å². The van der Waals surface area contributed by atoms with Crippen LogP contribution in [0.25, 0.3) is 0 Å². The Morgan fingerprint density at radius 3 is 2.79 bits per heavy atom. The molecule has 0 aromatic rings. The normalized spacial score (nSPS) is 26.1. The van der Waals surface area contributed by atoms with Gasteiger partial charge in [0.25, 0.3) is 0 Å². The molecule has 0 bridgehead atoms. The Labute approximate surface area is 85.1 Å². The van der Waals surface area contributed by atoms with E-state index in [1.807, 2.05) is 6.08 Å². The molecule has 1 rings (SSSR count). The fraction of sp³-hybridized carbons (Fsp3) is 0.727. The summed E-state index contributed by atoms with van der Waals surface area (Å²) in [4.78, 5) is 11.2. The van der Waals surface area contributed by atoms with Crippen LogP contribution in [0.3, 0.4) is 0 Å². The third kappa shape index (κ3) is 3.14. The van der Waals surface area contributed by atoms with Gasteiger partial charge in [0.2, 0.25) is 0 Å². The maximum atomic E-state index is 11.2. The largest absolute Gasteiger partial charge is 0.463 e. The van der Waals surface area contributed by atoms with Crippen molar-refractivity contribution in [3.05, 3.63) is 11.6 Å². The molecule has 0 aromatic carbocycles. The van der Waals surface area contributed by atoms with Crippen molar-refractivity contribution in [3.63, 3.8) is 0 Å². The van der Waals surface area contributed by atoms with Gasteiger partial charge in [0.1, 0.15) is 6.10 Å². The number of ether oxygens (including phenoxy) is 2. The van der Waals surface area contributed by atoms with E-state index in [-0.39, 0.29) is 12.1 Å². The zero-order valence-electron chi connectivity index (χ0n) is 9.08. The van der Waals surface area contributed by atoms with Gasteiger partial charge in [0.15, 0.2) is 0 Å². The zero-order valence-corrected chi connectivity index (χ0v) is 9.08. The van der Waals surface area contributed by atoms with Crippen LogP contribution in [-0.2, 0) is 14.3 Å². The molecule has 0 amide bonds. The van der Waals surface area contributed by atoms with E-state index in [0.717, 1.165) is 12.8 Å². The molecule has 0 radical (unpaired) electrons. The molecule has 1 aliphatic rings. The van der Waals surface area contributed by atoms with Gasteiger partial charge in [-0.05, 0) is 26.3 Å². The number of epoxide rings is 1.